The zero-order valence-electron chi connectivity index (χ0n) is 15.6. The molecular formula is C20H22N4O3. The van der Waals surface area contributed by atoms with Crippen LogP contribution in [0.3, 0.4) is 0 Å². The van der Waals surface area contributed by atoms with Crippen molar-refractivity contribution < 1.29 is 14.0 Å². The summed E-state index contributed by atoms with van der Waals surface area (Å²) in [5.41, 5.74) is 1.47. The van der Waals surface area contributed by atoms with Crippen molar-refractivity contribution >= 4 is 5.82 Å². The van der Waals surface area contributed by atoms with Gasteiger partial charge in [0.2, 0.25) is 5.82 Å². The molecule has 0 spiro atoms. The quantitative estimate of drug-likeness (QED) is 0.676. The lowest BCUT2D eigenvalue weighted by Gasteiger charge is -2.13. The molecule has 0 bridgehead atoms. The Morgan fingerprint density at radius 2 is 2.00 bits per heavy atom. The van der Waals surface area contributed by atoms with E-state index in [1.165, 1.54) is 12.8 Å². The number of anilines is 1. The highest BCUT2D eigenvalue weighted by Gasteiger charge is 2.28. The van der Waals surface area contributed by atoms with Gasteiger partial charge in [-0.25, -0.2) is 4.98 Å². The first kappa shape index (κ1) is 17.3. The lowest BCUT2D eigenvalue weighted by atomic mass is 10.1. The van der Waals surface area contributed by atoms with E-state index in [9.17, 15) is 0 Å². The van der Waals surface area contributed by atoms with E-state index in [0.717, 1.165) is 17.3 Å². The first-order valence-electron chi connectivity index (χ1n) is 8.97. The van der Waals surface area contributed by atoms with Crippen LogP contribution >= 0.6 is 0 Å². The Bertz CT molecular complexity index is 919. The largest absolute Gasteiger partial charge is 0.493 e. The third-order valence-electron chi connectivity index (χ3n) is 4.78. The van der Waals surface area contributed by atoms with Crippen LogP contribution in [0.5, 0.6) is 11.5 Å². The minimum absolute atomic E-state index is 0.407. The van der Waals surface area contributed by atoms with Crippen molar-refractivity contribution in [1.29, 1.82) is 0 Å². The summed E-state index contributed by atoms with van der Waals surface area (Å²) in [6, 6.07) is 9.84. The van der Waals surface area contributed by atoms with Crippen LogP contribution in [0.15, 0.2) is 41.1 Å². The molecule has 0 radical (unpaired) electrons. The summed E-state index contributed by atoms with van der Waals surface area (Å²) >= 11 is 0. The first-order chi connectivity index (χ1) is 13.2. The van der Waals surface area contributed by atoms with Crippen LogP contribution in [-0.2, 0) is 0 Å². The molecule has 7 nitrogen and oxygen atoms in total. The van der Waals surface area contributed by atoms with E-state index in [4.69, 9.17) is 14.0 Å². The second-order valence-electron chi connectivity index (χ2n) is 6.67. The van der Waals surface area contributed by atoms with Crippen molar-refractivity contribution in [3.63, 3.8) is 0 Å². The number of aromatic nitrogens is 3. The Morgan fingerprint density at radius 1 is 1.15 bits per heavy atom. The van der Waals surface area contributed by atoms with Crippen LogP contribution < -0.4 is 14.8 Å². The van der Waals surface area contributed by atoms with Gasteiger partial charge in [-0.1, -0.05) is 11.2 Å². The summed E-state index contributed by atoms with van der Waals surface area (Å²) in [6.07, 6.45) is 4.33. The fraction of sp³-hybridized carbons (Fsp3) is 0.350. The molecule has 1 aliphatic carbocycles. The molecule has 27 heavy (non-hydrogen) atoms. The lowest BCUT2D eigenvalue weighted by Crippen LogP contribution is -2.17. The Balaban J connectivity index is 1.56. The predicted molar refractivity (Wildman–Crippen MR) is 102 cm³/mol. The van der Waals surface area contributed by atoms with Gasteiger partial charge in [-0.2, -0.15) is 4.98 Å². The number of benzene rings is 1. The third-order valence-corrected chi connectivity index (χ3v) is 4.78. The number of nitrogens with zero attached hydrogens (tertiary/aromatic N) is 3. The second-order valence-corrected chi connectivity index (χ2v) is 6.67. The summed E-state index contributed by atoms with van der Waals surface area (Å²) in [6.45, 7) is 2.19. The zero-order chi connectivity index (χ0) is 18.8. The number of ether oxygens (including phenoxy) is 2. The SMILES string of the molecule is COc1cccc(-c2noc(-c3ccc(N[C@H](C)C4CC4)nc3)n2)c1OC. The number of rotatable bonds is 7. The summed E-state index contributed by atoms with van der Waals surface area (Å²) in [5, 5.41) is 7.52. The first-order valence-corrected chi connectivity index (χ1v) is 8.97. The maximum absolute atomic E-state index is 5.45. The molecule has 3 aromatic rings. The average molecular weight is 366 g/mol. The highest BCUT2D eigenvalue weighted by Crippen LogP contribution is 2.37. The van der Waals surface area contributed by atoms with E-state index < -0.39 is 0 Å². The molecule has 7 heteroatoms. The van der Waals surface area contributed by atoms with Crippen LogP contribution in [0.2, 0.25) is 0 Å². The summed E-state index contributed by atoms with van der Waals surface area (Å²) in [4.78, 5) is 8.95. The normalized spacial score (nSPS) is 14.6. The van der Waals surface area contributed by atoms with Gasteiger partial charge in [0, 0.05) is 12.2 Å². The smallest absolute Gasteiger partial charge is 0.259 e. The zero-order valence-corrected chi connectivity index (χ0v) is 15.6. The molecule has 1 aromatic carbocycles. The molecule has 1 N–H and O–H groups in total. The maximum atomic E-state index is 5.45. The van der Waals surface area contributed by atoms with Crippen molar-refractivity contribution in [2.75, 3.05) is 19.5 Å². The van der Waals surface area contributed by atoms with Crippen molar-refractivity contribution in [2.24, 2.45) is 5.92 Å². The average Bonchev–Trinajstić information content (AvgIpc) is 3.45. The molecule has 0 aliphatic heterocycles. The minimum atomic E-state index is 0.407. The van der Waals surface area contributed by atoms with Crippen LogP contribution in [0, 0.1) is 5.92 Å². The molecule has 2 aromatic heterocycles. The molecule has 0 unspecified atom stereocenters. The predicted octanol–water partition coefficient (Wildman–Crippen LogP) is 4.03. The fourth-order valence-electron chi connectivity index (χ4n) is 3.07. The number of pyridine rings is 1. The molecule has 1 atom stereocenters. The second kappa shape index (κ2) is 7.26. The van der Waals surface area contributed by atoms with E-state index in [-0.39, 0.29) is 0 Å². The topological polar surface area (TPSA) is 82.3 Å². The monoisotopic (exact) mass is 366 g/mol. The number of para-hydroxylation sites is 1. The van der Waals surface area contributed by atoms with Crippen molar-refractivity contribution in [2.45, 2.75) is 25.8 Å². The Kier molecular flexibility index (Phi) is 4.66. The fourth-order valence-corrected chi connectivity index (χ4v) is 3.07. The number of hydrogen-bond donors (Lipinski definition) is 1. The molecule has 4 rings (SSSR count). The minimum Gasteiger partial charge on any atom is -0.493 e. The van der Waals surface area contributed by atoms with Crippen LogP contribution in [0.25, 0.3) is 22.8 Å². The third kappa shape index (κ3) is 3.58. The molecule has 0 saturated heterocycles. The highest BCUT2D eigenvalue weighted by atomic mass is 16.5. The van der Waals surface area contributed by atoms with Gasteiger partial charge >= 0.3 is 0 Å². The van der Waals surface area contributed by atoms with Gasteiger partial charge in [-0.3, -0.25) is 0 Å². The number of nitrogens with one attached hydrogen (secondary N) is 1. The van der Waals surface area contributed by atoms with E-state index in [1.807, 2.05) is 30.3 Å². The van der Waals surface area contributed by atoms with E-state index >= 15 is 0 Å². The van der Waals surface area contributed by atoms with Crippen LogP contribution in [0.1, 0.15) is 19.8 Å². The summed E-state index contributed by atoms with van der Waals surface area (Å²) in [7, 11) is 3.18. The van der Waals surface area contributed by atoms with Gasteiger partial charge in [-0.05, 0) is 49.9 Å². The standard InChI is InChI=1S/C20H22N4O3/c1-12(13-7-8-13)22-17-10-9-14(11-21-17)20-23-19(24-27-20)15-5-4-6-16(25-2)18(15)26-3/h4-6,9-13H,7-8H2,1-3H3,(H,21,22)/t12-/m1/s1. The van der Waals surface area contributed by atoms with Gasteiger partial charge in [0.15, 0.2) is 11.5 Å². The van der Waals surface area contributed by atoms with Gasteiger partial charge < -0.3 is 19.3 Å². The van der Waals surface area contributed by atoms with Crippen molar-refractivity contribution in [3.05, 3.63) is 36.5 Å². The van der Waals surface area contributed by atoms with Gasteiger partial charge in [-0.15, -0.1) is 0 Å². The highest BCUT2D eigenvalue weighted by molar-refractivity contribution is 5.69. The van der Waals surface area contributed by atoms with Crippen molar-refractivity contribution in [1.82, 2.24) is 15.1 Å². The lowest BCUT2D eigenvalue weighted by molar-refractivity contribution is 0.355. The van der Waals surface area contributed by atoms with E-state index in [2.05, 4.69) is 27.4 Å². The van der Waals surface area contributed by atoms with Crippen molar-refractivity contribution in [3.8, 4) is 34.3 Å². The molecule has 140 valence electrons. The molecule has 1 fully saturated rings. The Morgan fingerprint density at radius 3 is 2.67 bits per heavy atom. The molecule has 0 amide bonds. The summed E-state index contributed by atoms with van der Waals surface area (Å²) < 4.78 is 16.2. The molecule has 1 saturated carbocycles. The van der Waals surface area contributed by atoms with Crippen LogP contribution in [-0.4, -0.2) is 35.4 Å². The maximum Gasteiger partial charge on any atom is 0.259 e. The van der Waals surface area contributed by atoms with E-state index in [1.54, 1.807) is 20.4 Å². The van der Waals surface area contributed by atoms with Gasteiger partial charge in [0.1, 0.15) is 5.82 Å². The van der Waals surface area contributed by atoms with E-state index in [0.29, 0.717) is 34.8 Å². The summed E-state index contributed by atoms with van der Waals surface area (Å²) in [5.74, 6) is 3.65. The molecule has 2 heterocycles. The Labute approximate surface area is 157 Å². The Hall–Kier alpha value is -3.09. The van der Waals surface area contributed by atoms with Crippen LogP contribution in [0.4, 0.5) is 5.82 Å². The number of methoxy groups -OCH3 is 2. The molecule has 1 aliphatic rings. The molecular weight excluding hydrogens is 344 g/mol. The van der Waals surface area contributed by atoms with Gasteiger partial charge in [0.25, 0.3) is 5.89 Å². The van der Waals surface area contributed by atoms with Gasteiger partial charge in [0.05, 0.1) is 25.3 Å². The number of hydrogen-bond acceptors (Lipinski definition) is 7.